The highest BCUT2D eigenvalue weighted by molar-refractivity contribution is 5.90. The summed E-state index contributed by atoms with van der Waals surface area (Å²) >= 11 is 0. The lowest BCUT2D eigenvalue weighted by Gasteiger charge is -2.34. The minimum Gasteiger partial charge on any atom is -0.396 e. The monoisotopic (exact) mass is 323 g/mol. The predicted octanol–water partition coefficient (Wildman–Crippen LogP) is 0.419. The smallest absolute Gasteiger partial charge is 0.245 e. The van der Waals surface area contributed by atoms with Crippen LogP contribution in [0.4, 0.5) is 0 Å². The second-order valence-electron chi connectivity index (χ2n) is 6.78. The van der Waals surface area contributed by atoms with Gasteiger partial charge >= 0.3 is 0 Å². The van der Waals surface area contributed by atoms with Crippen LogP contribution in [-0.4, -0.2) is 60.1 Å². The Labute approximate surface area is 138 Å². The number of likely N-dealkylation sites (N-methyl/N-ethyl adjacent to an activating group) is 1. The molecule has 1 aliphatic heterocycles. The van der Waals surface area contributed by atoms with Crippen molar-refractivity contribution in [2.24, 2.45) is 5.41 Å². The maximum atomic E-state index is 12.9. The van der Waals surface area contributed by atoms with E-state index < -0.39 is 6.04 Å². The number of hydrogen-bond donors (Lipinski definition) is 3. The zero-order valence-corrected chi connectivity index (χ0v) is 14.3. The summed E-state index contributed by atoms with van der Waals surface area (Å²) in [5, 5.41) is 14.9. The highest BCUT2D eigenvalue weighted by Gasteiger charge is 2.47. The number of carbonyl (C=O) groups is 2. The van der Waals surface area contributed by atoms with E-state index >= 15 is 0 Å². The van der Waals surface area contributed by atoms with Crippen LogP contribution in [0.5, 0.6) is 0 Å². The van der Waals surface area contributed by atoms with Gasteiger partial charge in [-0.05, 0) is 52.0 Å². The number of likely N-dealkylation sites (tertiary alicyclic amines) is 1. The molecule has 2 amide bonds. The fraction of sp³-hybridized carbons (Fsp3) is 0.765. The molecule has 130 valence electrons. The van der Waals surface area contributed by atoms with Crippen molar-refractivity contribution in [1.82, 2.24) is 15.5 Å². The summed E-state index contributed by atoms with van der Waals surface area (Å²) in [6.45, 7) is 4.44. The van der Waals surface area contributed by atoms with Crippen LogP contribution in [0, 0.1) is 5.41 Å². The van der Waals surface area contributed by atoms with E-state index in [2.05, 4.69) is 29.7 Å². The lowest BCUT2D eigenvalue weighted by molar-refractivity contribution is -0.138. The summed E-state index contributed by atoms with van der Waals surface area (Å²) in [6, 6.07) is -0.870. The summed E-state index contributed by atoms with van der Waals surface area (Å²) in [7, 11) is 1.70. The molecular formula is C17H29N3O3. The molecule has 1 aliphatic carbocycles. The zero-order valence-electron chi connectivity index (χ0n) is 14.3. The lowest BCUT2D eigenvalue weighted by atomic mass is 9.79. The Balaban J connectivity index is 2.04. The van der Waals surface area contributed by atoms with Crippen molar-refractivity contribution in [3.05, 3.63) is 12.2 Å². The lowest BCUT2D eigenvalue weighted by Crippen LogP contribution is -2.54. The van der Waals surface area contributed by atoms with E-state index in [1.807, 2.05) is 4.90 Å². The van der Waals surface area contributed by atoms with Gasteiger partial charge < -0.3 is 20.6 Å². The van der Waals surface area contributed by atoms with Gasteiger partial charge in [0.1, 0.15) is 6.04 Å². The topological polar surface area (TPSA) is 81.7 Å². The summed E-state index contributed by atoms with van der Waals surface area (Å²) in [6.07, 6.45) is 7.69. The molecule has 1 saturated heterocycles. The number of rotatable bonds is 6. The Morgan fingerprint density at radius 1 is 1.39 bits per heavy atom. The molecule has 0 aromatic heterocycles. The van der Waals surface area contributed by atoms with Crippen LogP contribution in [0.3, 0.4) is 0 Å². The second kappa shape index (κ2) is 7.45. The van der Waals surface area contributed by atoms with Crippen molar-refractivity contribution in [3.63, 3.8) is 0 Å². The van der Waals surface area contributed by atoms with Crippen molar-refractivity contribution in [2.75, 3.05) is 20.2 Å². The van der Waals surface area contributed by atoms with E-state index in [0.717, 1.165) is 25.8 Å². The molecule has 0 aromatic rings. The van der Waals surface area contributed by atoms with Crippen LogP contribution in [0.25, 0.3) is 0 Å². The molecule has 2 rings (SSSR count). The van der Waals surface area contributed by atoms with Crippen LogP contribution in [0.15, 0.2) is 12.2 Å². The molecule has 0 bridgehead atoms. The van der Waals surface area contributed by atoms with E-state index in [1.54, 1.807) is 14.0 Å². The first-order chi connectivity index (χ1) is 10.9. The number of nitrogens with one attached hydrogen (secondary N) is 2. The van der Waals surface area contributed by atoms with Gasteiger partial charge in [-0.15, -0.1) is 0 Å². The first-order valence-corrected chi connectivity index (χ1v) is 8.49. The first-order valence-electron chi connectivity index (χ1n) is 8.49. The minimum absolute atomic E-state index is 0.0769. The highest BCUT2D eigenvalue weighted by atomic mass is 16.3. The number of hydrogen-bond acceptors (Lipinski definition) is 4. The standard InChI is InChI=1S/C17H29N3O3/c1-12(18-3)15(22)19-14(6-11-21)16(23)20-10-9-17(13(20)2)7-4-5-8-17/h4-5,12-14,18,21H,6-11H2,1-3H3,(H,19,22)/t12-,13?,14-/m0/s1. The molecule has 1 heterocycles. The molecule has 2 aliphatic rings. The number of nitrogens with zero attached hydrogens (tertiary/aromatic N) is 1. The molecule has 6 nitrogen and oxygen atoms in total. The molecule has 1 unspecified atom stereocenters. The number of allylic oxidation sites excluding steroid dienone is 2. The van der Waals surface area contributed by atoms with Crippen LogP contribution in [0.1, 0.15) is 39.5 Å². The number of aliphatic hydroxyl groups excluding tert-OH is 1. The average molecular weight is 323 g/mol. The first kappa shape index (κ1) is 17.9. The van der Waals surface area contributed by atoms with Gasteiger partial charge in [0.2, 0.25) is 11.8 Å². The third-order valence-electron chi connectivity index (χ3n) is 5.56. The van der Waals surface area contributed by atoms with Crippen molar-refractivity contribution in [2.45, 2.75) is 57.7 Å². The quantitative estimate of drug-likeness (QED) is 0.619. The molecule has 6 heteroatoms. The maximum absolute atomic E-state index is 12.9. The Morgan fingerprint density at radius 3 is 2.61 bits per heavy atom. The van der Waals surface area contributed by atoms with E-state index in [1.165, 1.54) is 0 Å². The molecule has 0 saturated carbocycles. The highest BCUT2D eigenvalue weighted by Crippen LogP contribution is 2.46. The molecule has 23 heavy (non-hydrogen) atoms. The largest absolute Gasteiger partial charge is 0.396 e. The Kier molecular flexibility index (Phi) is 5.81. The van der Waals surface area contributed by atoms with Crippen molar-refractivity contribution in [1.29, 1.82) is 0 Å². The van der Waals surface area contributed by atoms with Gasteiger partial charge in [-0.1, -0.05) is 12.2 Å². The molecule has 0 radical (unpaired) electrons. The molecule has 1 spiro atoms. The maximum Gasteiger partial charge on any atom is 0.245 e. The minimum atomic E-state index is -0.657. The predicted molar refractivity (Wildman–Crippen MR) is 88.8 cm³/mol. The third kappa shape index (κ3) is 3.58. The van der Waals surface area contributed by atoms with Gasteiger partial charge in [-0.25, -0.2) is 0 Å². The van der Waals surface area contributed by atoms with Crippen molar-refractivity contribution < 1.29 is 14.7 Å². The number of amides is 2. The normalized spacial score (nSPS) is 24.9. The Morgan fingerprint density at radius 2 is 2.04 bits per heavy atom. The van der Waals surface area contributed by atoms with Crippen molar-refractivity contribution >= 4 is 11.8 Å². The summed E-state index contributed by atoms with van der Waals surface area (Å²) in [5.74, 6) is -0.296. The van der Waals surface area contributed by atoms with E-state index in [9.17, 15) is 14.7 Å². The Bertz CT molecular complexity index is 470. The third-order valence-corrected chi connectivity index (χ3v) is 5.56. The van der Waals surface area contributed by atoms with Gasteiger partial charge in [-0.2, -0.15) is 0 Å². The summed E-state index contributed by atoms with van der Waals surface area (Å²) < 4.78 is 0. The van der Waals surface area contributed by atoms with Gasteiger partial charge in [0.15, 0.2) is 0 Å². The van der Waals surface area contributed by atoms with E-state index in [0.29, 0.717) is 0 Å². The van der Waals surface area contributed by atoms with Gasteiger partial charge in [0.05, 0.1) is 6.04 Å². The number of aliphatic hydroxyl groups is 1. The van der Waals surface area contributed by atoms with Gasteiger partial charge in [0.25, 0.3) is 0 Å². The zero-order chi connectivity index (χ0) is 17.0. The van der Waals surface area contributed by atoms with Crippen molar-refractivity contribution in [3.8, 4) is 0 Å². The average Bonchev–Trinajstić information content (AvgIpc) is 3.14. The summed E-state index contributed by atoms with van der Waals surface area (Å²) in [4.78, 5) is 26.9. The molecule has 3 atom stereocenters. The summed E-state index contributed by atoms with van der Waals surface area (Å²) in [5.41, 5.74) is 0.168. The van der Waals surface area contributed by atoms with E-state index in [-0.39, 0.29) is 42.3 Å². The fourth-order valence-electron chi connectivity index (χ4n) is 3.66. The fourth-order valence-corrected chi connectivity index (χ4v) is 3.66. The molecular weight excluding hydrogens is 294 g/mol. The second-order valence-corrected chi connectivity index (χ2v) is 6.78. The van der Waals surface area contributed by atoms with Gasteiger partial charge in [0, 0.05) is 19.2 Å². The van der Waals surface area contributed by atoms with Crippen LogP contribution in [-0.2, 0) is 9.59 Å². The van der Waals surface area contributed by atoms with Crippen LogP contribution in [0.2, 0.25) is 0 Å². The molecule has 1 fully saturated rings. The number of carbonyl (C=O) groups excluding carboxylic acids is 2. The SMILES string of the molecule is CN[C@@H](C)C(=O)N[C@@H](CCO)C(=O)N1CCC2(CC=CC2)C1C. The molecule has 0 aromatic carbocycles. The van der Waals surface area contributed by atoms with Gasteiger partial charge in [-0.3, -0.25) is 9.59 Å². The van der Waals surface area contributed by atoms with E-state index in [4.69, 9.17) is 0 Å². The van der Waals surface area contributed by atoms with Crippen LogP contribution < -0.4 is 10.6 Å². The molecule has 3 N–H and O–H groups in total. The Hall–Kier alpha value is -1.40. The van der Waals surface area contributed by atoms with Crippen LogP contribution >= 0.6 is 0 Å².